The van der Waals surface area contributed by atoms with E-state index in [-0.39, 0.29) is 0 Å². The molecule has 0 aromatic heterocycles. The Morgan fingerprint density at radius 1 is 1.26 bits per heavy atom. The molecule has 2 aromatic rings. The molecule has 0 unspecified atom stereocenters. The molecule has 19 heavy (non-hydrogen) atoms. The van der Waals surface area contributed by atoms with Gasteiger partial charge in [-0.05, 0) is 48.9 Å². The summed E-state index contributed by atoms with van der Waals surface area (Å²) in [5, 5.41) is 9.40. The quantitative estimate of drug-likeness (QED) is 0.617. The SMILES string of the molecule is Cc1cc(OC(=O)c2cccc(C#N)c2)ccc1Cl. The molecule has 0 fully saturated rings. The van der Waals surface area contributed by atoms with Crippen LogP contribution in [0.5, 0.6) is 5.75 Å². The minimum atomic E-state index is -0.501. The van der Waals surface area contributed by atoms with Gasteiger partial charge in [0.2, 0.25) is 0 Å². The number of aryl methyl sites for hydroxylation is 1. The highest BCUT2D eigenvalue weighted by Gasteiger charge is 2.09. The van der Waals surface area contributed by atoms with Crippen molar-refractivity contribution in [3.63, 3.8) is 0 Å². The van der Waals surface area contributed by atoms with E-state index in [4.69, 9.17) is 21.6 Å². The average molecular weight is 272 g/mol. The van der Waals surface area contributed by atoms with Gasteiger partial charge in [-0.25, -0.2) is 4.79 Å². The van der Waals surface area contributed by atoms with Crippen molar-refractivity contribution >= 4 is 17.6 Å². The van der Waals surface area contributed by atoms with E-state index in [9.17, 15) is 4.79 Å². The van der Waals surface area contributed by atoms with Crippen LogP contribution in [0.2, 0.25) is 5.02 Å². The van der Waals surface area contributed by atoms with Gasteiger partial charge in [-0.15, -0.1) is 0 Å². The maximum atomic E-state index is 11.9. The summed E-state index contributed by atoms with van der Waals surface area (Å²) in [6, 6.07) is 13.3. The number of halogens is 1. The maximum absolute atomic E-state index is 11.9. The number of hydrogen-bond donors (Lipinski definition) is 0. The highest BCUT2D eigenvalue weighted by atomic mass is 35.5. The summed E-state index contributed by atoms with van der Waals surface area (Å²) in [4.78, 5) is 11.9. The Kier molecular flexibility index (Phi) is 3.84. The first-order chi connectivity index (χ1) is 9.10. The highest BCUT2D eigenvalue weighted by Crippen LogP contribution is 2.21. The van der Waals surface area contributed by atoms with Crippen molar-refractivity contribution in [2.24, 2.45) is 0 Å². The summed E-state index contributed by atoms with van der Waals surface area (Å²) >= 11 is 5.90. The lowest BCUT2D eigenvalue weighted by Gasteiger charge is -2.06. The van der Waals surface area contributed by atoms with E-state index in [1.807, 2.05) is 13.0 Å². The third kappa shape index (κ3) is 3.12. The lowest BCUT2D eigenvalue weighted by molar-refractivity contribution is 0.0734. The molecular weight excluding hydrogens is 262 g/mol. The third-order valence-electron chi connectivity index (χ3n) is 2.57. The minimum Gasteiger partial charge on any atom is -0.423 e. The first kappa shape index (κ1) is 13.1. The van der Waals surface area contributed by atoms with Gasteiger partial charge in [0.1, 0.15) is 5.75 Å². The van der Waals surface area contributed by atoms with E-state index < -0.39 is 5.97 Å². The molecule has 0 radical (unpaired) electrons. The van der Waals surface area contributed by atoms with E-state index in [1.54, 1.807) is 36.4 Å². The largest absolute Gasteiger partial charge is 0.423 e. The van der Waals surface area contributed by atoms with E-state index in [2.05, 4.69) is 0 Å². The van der Waals surface area contributed by atoms with Crippen LogP contribution in [-0.4, -0.2) is 5.97 Å². The van der Waals surface area contributed by atoms with E-state index >= 15 is 0 Å². The molecule has 0 saturated carbocycles. The first-order valence-corrected chi connectivity index (χ1v) is 5.96. The number of benzene rings is 2. The molecule has 0 aliphatic carbocycles. The van der Waals surface area contributed by atoms with Gasteiger partial charge in [0.05, 0.1) is 17.2 Å². The molecule has 0 atom stereocenters. The maximum Gasteiger partial charge on any atom is 0.343 e. The Labute approximate surface area is 116 Å². The molecule has 0 aliphatic rings. The number of esters is 1. The molecule has 0 N–H and O–H groups in total. The molecule has 3 nitrogen and oxygen atoms in total. The van der Waals surface area contributed by atoms with Crippen LogP contribution in [0.4, 0.5) is 0 Å². The normalized spacial score (nSPS) is 9.74. The van der Waals surface area contributed by atoms with Crippen molar-refractivity contribution in [2.45, 2.75) is 6.92 Å². The topological polar surface area (TPSA) is 50.1 Å². The lowest BCUT2D eigenvalue weighted by Crippen LogP contribution is -2.08. The zero-order chi connectivity index (χ0) is 13.8. The summed E-state index contributed by atoms with van der Waals surface area (Å²) in [6.07, 6.45) is 0. The second-order valence-electron chi connectivity index (χ2n) is 3.99. The number of ether oxygens (including phenoxy) is 1. The van der Waals surface area contributed by atoms with Crippen molar-refractivity contribution in [3.05, 3.63) is 64.2 Å². The number of carbonyl (C=O) groups excluding carboxylic acids is 1. The molecule has 0 spiro atoms. The summed E-state index contributed by atoms with van der Waals surface area (Å²) in [5.74, 6) is -0.0758. The third-order valence-corrected chi connectivity index (χ3v) is 2.99. The molecule has 0 aliphatic heterocycles. The smallest absolute Gasteiger partial charge is 0.343 e. The van der Waals surface area contributed by atoms with Crippen LogP contribution >= 0.6 is 11.6 Å². The van der Waals surface area contributed by atoms with Crippen LogP contribution in [-0.2, 0) is 0 Å². The summed E-state index contributed by atoms with van der Waals surface area (Å²) in [7, 11) is 0. The summed E-state index contributed by atoms with van der Waals surface area (Å²) < 4.78 is 5.23. The van der Waals surface area contributed by atoms with Gasteiger partial charge in [-0.1, -0.05) is 17.7 Å². The molecular formula is C15H10ClNO2. The van der Waals surface area contributed by atoms with Crippen molar-refractivity contribution in [2.75, 3.05) is 0 Å². The number of nitriles is 1. The number of rotatable bonds is 2. The summed E-state index contributed by atoms with van der Waals surface area (Å²) in [6.45, 7) is 1.83. The van der Waals surface area contributed by atoms with Gasteiger partial charge < -0.3 is 4.74 Å². The van der Waals surface area contributed by atoms with E-state index in [0.29, 0.717) is 21.9 Å². The summed E-state index contributed by atoms with van der Waals surface area (Å²) in [5.41, 5.74) is 1.59. The minimum absolute atomic E-state index is 0.339. The molecule has 94 valence electrons. The molecule has 0 bridgehead atoms. The van der Waals surface area contributed by atoms with Crippen LogP contribution in [0.3, 0.4) is 0 Å². The number of hydrogen-bond acceptors (Lipinski definition) is 3. The van der Waals surface area contributed by atoms with Crippen LogP contribution < -0.4 is 4.74 Å². The van der Waals surface area contributed by atoms with Crippen molar-refractivity contribution < 1.29 is 9.53 Å². The van der Waals surface area contributed by atoms with Gasteiger partial charge in [-0.2, -0.15) is 5.26 Å². The monoisotopic (exact) mass is 271 g/mol. The second-order valence-corrected chi connectivity index (χ2v) is 4.40. The Bertz CT molecular complexity index is 674. The lowest BCUT2D eigenvalue weighted by atomic mass is 10.1. The fourth-order valence-electron chi connectivity index (χ4n) is 1.56. The number of nitrogens with zero attached hydrogens (tertiary/aromatic N) is 1. The Balaban J connectivity index is 2.21. The van der Waals surface area contributed by atoms with Gasteiger partial charge in [0.25, 0.3) is 0 Å². The highest BCUT2D eigenvalue weighted by molar-refractivity contribution is 6.31. The standard InChI is InChI=1S/C15H10ClNO2/c1-10-7-13(5-6-14(10)16)19-15(18)12-4-2-3-11(8-12)9-17/h2-8H,1H3. The van der Waals surface area contributed by atoms with Gasteiger partial charge in [0.15, 0.2) is 0 Å². The average Bonchev–Trinajstić information content (AvgIpc) is 2.43. The second kappa shape index (κ2) is 5.55. The van der Waals surface area contributed by atoms with Crippen LogP contribution in [0.25, 0.3) is 0 Å². The molecule has 2 aromatic carbocycles. The van der Waals surface area contributed by atoms with Gasteiger partial charge in [0, 0.05) is 5.02 Å². The predicted octanol–water partition coefficient (Wildman–Crippen LogP) is 3.74. The number of carbonyl (C=O) groups is 1. The first-order valence-electron chi connectivity index (χ1n) is 5.58. The molecule has 0 amide bonds. The van der Waals surface area contributed by atoms with Crippen LogP contribution in [0.1, 0.15) is 21.5 Å². The predicted molar refractivity (Wildman–Crippen MR) is 72.3 cm³/mol. The Morgan fingerprint density at radius 3 is 2.74 bits per heavy atom. The van der Waals surface area contributed by atoms with Crippen molar-refractivity contribution in [1.29, 1.82) is 5.26 Å². The fraction of sp³-hybridized carbons (Fsp3) is 0.0667. The molecule has 0 heterocycles. The van der Waals surface area contributed by atoms with Crippen LogP contribution in [0.15, 0.2) is 42.5 Å². The zero-order valence-electron chi connectivity index (χ0n) is 10.2. The van der Waals surface area contributed by atoms with Crippen LogP contribution in [0, 0.1) is 18.3 Å². The molecule has 2 rings (SSSR count). The zero-order valence-corrected chi connectivity index (χ0v) is 10.9. The van der Waals surface area contributed by atoms with E-state index in [1.165, 1.54) is 6.07 Å². The van der Waals surface area contributed by atoms with Gasteiger partial charge in [-0.3, -0.25) is 0 Å². The molecule has 0 saturated heterocycles. The molecule has 4 heteroatoms. The van der Waals surface area contributed by atoms with Gasteiger partial charge >= 0.3 is 5.97 Å². The Hall–Kier alpha value is -2.31. The van der Waals surface area contributed by atoms with Crippen molar-refractivity contribution in [1.82, 2.24) is 0 Å². The van der Waals surface area contributed by atoms with Crippen molar-refractivity contribution in [3.8, 4) is 11.8 Å². The Morgan fingerprint density at radius 2 is 2.05 bits per heavy atom. The fourth-order valence-corrected chi connectivity index (χ4v) is 1.68. The van der Waals surface area contributed by atoms with E-state index in [0.717, 1.165) is 5.56 Å².